The average Bonchev–Trinajstić information content (AvgIpc) is 2.09. The number of ether oxygens (including phenoxy) is 1. The first-order valence-electron chi connectivity index (χ1n) is 3.53. The van der Waals surface area contributed by atoms with Crippen molar-refractivity contribution in [2.24, 2.45) is 0 Å². The molecule has 1 fully saturated rings. The van der Waals surface area contributed by atoms with E-state index in [1.165, 1.54) is 7.11 Å². The van der Waals surface area contributed by atoms with E-state index in [0.29, 0.717) is 18.4 Å². The predicted molar refractivity (Wildman–Crippen MR) is 47.3 cm³/mol. The van der Waals surface area contributed by atoms with Crippen LogP contribution in [0.15, 0.2) is 0 Å². The lowest BCUT2D eigenvalue weighted by Gasteiger charge is -2.28. The van der Waals surface area contributed by atoms with Crippen LogP contribution in [-0.4, -0.2) is 43.0 Å². The van der Waals surface area contributed by atoms with Gasteiger partial charge >= 0.3 is 5.97 Å². The van der Waals surface area contributed by atoms with Crippen LogP contribution >= 0.6 is 12.2 Å². The Labute approximate surface area is 76.1 Å². The van der Waals surface area contributed by atoms with E-state index in [0.717, 1.165) is 0 Å². The Hall–Kier alpha value is -0.880. The van der Waals surface area contributed by atoms with E-state index in [1.54, 1.807) is 0 Å². The second-order valence-corrected chi connectivity index (χ2v) is 2.81. The molecule has 2 N–H and O–H groups in total. The van der Waals surface area contributed by atoms with Gasteiger partial charge in [0.1, 0.15) is 0 Å². The number of carbonyl (C=O) groups is 1. The third-order valence-corrected chi connectivity index (χ3v) is 1.80. The summed E-state index contributed by atoms with van der Waals surface area (Å²) in [5.74, 6) is -0.244. The SMILES string of the molecule is COC(=O)CN1CNC(=S)NC1. The van der Waals surface area contributed by atoms with Crippen molar-refractivity contribution in [2.75, 3.05) is 27.0 Å². The van der Waals surface area contributed by atoms with Gasteiger partial charge in [-0.15, -0.1) is 0 Å². The van der Waals surface area contributed by atoms with Crippen LogP contribution in [0, 0.1) is 0 Å². The van der Waals surface area contributed by atoms with E-state index < -0.39 is 0 Å². The lowest BCUT2D eigenvalue weighted by molar-refractivity contribution is -0.142. The van der Waals surface area contributed by atoms with Crippen LogP contribution in [0.3, 0.4) is 0 Å². The smallest absolute Gasteiger partial charge is 0.319 e. The molecular formula is C6H11N3O2S. The highest BCUT2D eigenvalue weighted by Crippen LogP contribution is 1.89. The Morgan fingerprint density at radius 3 is 2.75 bits per heavy atom. The quantitative estimate of drug-likeness (QED) is 0.423. The molecule has 12 heavy (non-hydrogen) atoms. The zero-order valence-corrected chi connectivity index (χ0v) is 7.61. The summed E-state index contributed by atoms with van der Waals surface area (Å²) in [4.78, 5) is 12.7. The normalized spacial score (nSPS) is 17.9. The average molecular weight is 189 g/mol. The summed E-state index contributed by atoms with van der Waals surface area (Å²) in [7, 11) is 1.37. The Morgan fingerprint density at radius 2 is 2.25 bits per heavy atom. The largest absolute Gasteiger partial charge is 0.468 e. The Morgan fingerprint density at radius 1 is 1.67 bits per heavy atom. The first kappa shape index (κ1) is 9.21. The van der Waals surface area contributed by atoms with Gasteiger partial charge in [0.2, 0.25) is 0 Å². The zero-order valence-electron chi connectivity index (χ0n) is 6.79. The van der Waals surface area contributed by atoms with Crippen LogP contribution < -0.4 is 10.6 Å². The van der Waals surface area contributed by atoms with E-state index in [-0.39, 0.29) is 12.5 Å². The minimum absolute atomic E-state index is 0.244. The monoisotopic (exact) mass is 189 g/mol. The maximum Gasteiger partial charge on any atom is 0.319 e. The highest BCUT2D eigenvalue weighted by molar-refractivity contribution is 7.80. The van der Waals surface area contributed by atoms with Gasteiger partial charge in [-0.2, -0.15) is 0 Å². The second kappa shape index (κ2) is 4.22. The molecule has 0 amide bonds. The van der Waals surface area contributed by atoms with Crippen LogP contribution in [0.25, 0.3) is 0 Å². The van der Waals surface area contributed by atoms with Gasteiger partial charge < -0.3 is 15.4 Å². The molecule has 6 heteroatoms. The molecule has 0 saturated carbocycles. The number of esters is 1. The fourth-order valence-electron chi connectivity index (χ4n) is 0.845. The molecular weight excluding hydrogens is 178 g/mol. The van der Waals surface area contributed by atoms with Crippen molar-refractivity contribution in [3.63, 3.8) is 0 Å². The molecule has 0 atom stereocenters. The molecule has 0 bridgehead atoms. The van der Waals surface area contributed by atoms with Crippen molar-refractivity contribution in [3.05, 3.63) is 0 Å². The molecule has 0 aromatic heterocycles. The number of nitrogens with zero attached hydrogens (tertiary/aromatic N) is 1. The van der Waals surface area contributed by atoms with Crippen molar-refractivity contribution in [1.29, 1.82) is 0 Å². The number of methoxy groups -OCH3 is 1. The zero-order chi connectivity index (χ0) is 8.97. The Kier molecular flexibility index (Phi) is 3.24. The van der Waals surface area contributed by atoms with E-state index in [9.17, 15) is 4.79 Å². The van der Waals surface area contributed by atoms with Gasteiger partial charge in [0.15, 0.2) is 5.11 Å². The first-order valence-corrected chi connectivity index (χ1v) is 3.94. The third-order valence-electron chi connectivity index (χ3n) is 1.51. The van der Waals surface area contributed by atoms with E-state index in [1.807, 2.05) is 4.90 Å². The summed E-state index contributed by atoms with van der Waals surface area (Å²) in [6.07, 6.45) is 0. The van der Waals surface area contributed by atoms with Crippen molar-refractivity contribution in [2.45, 2.75) is 0 Å². The molecule has 0 aliphatic carbocycles. The third kappa shape index (κ3) is 2.63. The minimum Gasteiger partial charge on any atom is -0.468 e. The lowest BCUT2D eigenvalue weighted by atomic mass is 10.5. The molecule has 1 heterocycles. The van der Waals surface area contributed by atoms with Crippen LogP contribution in [-0.2, 0) is 9.53 Å². The second-order valence-electron chi connectivity index (χ2n) is 2.40. The summed E-state index contributed by atoms with van der Waals surface area (Å²) in [5.41, 5.74) is 0. The van der Waals surface area contributed by atoms with Crippen molar-refractivity contribution in [3.8, 4) is 0 Å². The molecule has 0 unspecified atom stereocenters. The molecule has 0 aromatic carbocycles. The van der Waals surface area contributed by atoms with Crippen molar-refractivity contribution < 1.29 is 9.53 Å². The molecule has 0 spiro atoms. The number of carbonyl (C=O) groups excluding carboxylic acids is 1. The number of hydrogen-bond donors (Lipinski definition) is 2. The molecule has 1 aliphatic rings. The number of hydrogen-bond acceptors (Lipinski definition) is 4. The molecule has 0 radical (unpaired) electrons. The van der Waals surface area contributed by atoms with Gasteiger partial charge in [0.25, 0.3) is 0 Å². The Bertz CT molecular complexity index is 187. The first-order chi connectivity index (χ1) is 5.72. The molecule has 68 valence electrons. The summed E-state index contributed by atoms with van der Waals surface area (Å²) >= 11 is 4.84. The van der Waals surface area contributed by atoms with E-state index >= 15 is 0 Å². The van der Waals surface area contributed by atoms with Gasteiger partial charge in [-0.25, -0.2) is 0 Å². The summed E-state index contributed by atoms with van der Waals surface area (Å²) in [6.45, 7) is 1.45. The maximum atomic E-state index is 10.8. The van der Waals surface area contributed by atoms with Gasteiger partial charge in [-0.3, -0.25) is 9.69 Å². The van der Waals surface area contributed by atoms with Crippen LogP contribution in [0.1, 0.15) is 0 Å². The highest BCUT2D eigenvalue weighted by atomic mass is 32.1. The maximum absolute atomic E-state index is 10.8. The number of nitrogens with one attached hydrogen (secondary N) is 2. The van der Waals surface area contributed by atoms with E-state index in [4.69, 9.17) is 12.2 Å². The predicted octanol–water partition coefficient (Wildman–Crippen LogP) is -1.15. The lowest BCUT2D eigenvalue weighted by Crippen LogP contribution is -2.55. The van der Waals surface area contributed by atoms with Gasteiger partial charge in [0.05, 0.1) is 27.0 Å². The topological polar surface area (TPSA) is 53.6 Å². The van der Waals surface area contributed by atoms with Crippen LogP contribution in [0.4, 0.5) is 0 Å². The number of rotatable bonds is 2. The minimum atomic E-state index is -0.244. The fraction of sp³-hybridized carbons (Fsp3) is 0.667. The molecule has 1 aliphatic heterocycles. The molecule has 5 nitrogen and oxygen atoms in total. The molecule has 1 saturated heterocycles. The fourth-order valence-corrected chi connectivity index (χ4v) is 0.974. The molecule has 1 rings (SSSR count). The number of thiocarbonyl (C=S) groups is 1. The van der Waals surface area contributed by atoms with Crippen LogP contribution in [0.5, 0.6) is 0 Å². The highest BCUT2D eigenvalue weighted by Gasteiger charge is 2.14. The van der Waals surface area contributed by atoms with E-state index in [2.05, 4.69) is 15.4 Å². The van der Waals surface area contributed by atoms with Gasteiger partial charge in [-0.1, -0.05) is 0 Å². The standard InChI is InChI=1S/C6H11N3O2S/c1-11-5(10)2-9-3-7-6(12)8-4-9/h2-4H2,1H3,(H2,7,8,12). The summed E-state index contributed by atoms with van der Waals surface area (Å²) < 4.78 is 4.51. The van der Waals surface area contributed by atoms with Gasteiger partial charge in [-0.05, 0) is 12.2 Å². The van der Waals surface area contributed by atoms with Crippen molar-refractivity contribution in [1.82, 2.24) is 15.5 Å². The van der Waals surface area contributed by atoms with Crippen LogP contribution in [0.2, 0.25) is 0 Å². The van der Waals surface area contributed by atoms with Gasteiger partial charge in [0, 0.05) is 0 Å². The Balaban J connectivity index is 2.26. The summed E-state index contributed by atoms with van der Waals surface area (Å²) in [5, 5.41) is 6.42. The summed E-state index contributed by atoms with van der Waals surface area (Å²) in [6, 6.07) is 0. The van der Waals surface area contributed by atoms with Crippen molar-refractivity contribution >= 4 is 23.3 Å². The molecule has 0 aromatic rings.